The molecule has 0 aliphatic carbocycles. The first-order valence-electron chi connectivity index (χ1n) is 6.56. The van der Waals surface area contributed by atoms with E-state index in [1.807, 2.05) is 0 Å². The van der Waals surface area contributed by atoms with Gasteiger partial charge in [0.1, 0.15) is 0 Å². The maximum absolute atomic E-state index is 13.1. The number of nitrogens with one attached hydrogen (secondary N) is 1. The quantitative estimate of drug-likeness (QED) is 0.861. The van der Waals surface area contributed by atoms with E-state index in [4.69, 9.17) is 0 Å². The van der Waals surface area contributed by atoms with E-state index >= 15 is 0 Å². The fraction of sp³-hybridized carbons (Fsp3) is 0.571. The van der Waals surface area contributed by atoms with Gasteiger partial charge in [-0.2, -0.15) is 0 Å². The highest BCUT2D eigenvalue weighted by atomic mass is 19.1. The molecule has 0 bridgehead atoms. The van der Waals surface area contributed by atoms with Gasteiger partial charge in [0.15, 0.2) is 11.6 Å². The van der Waals surface area contributed by atoms with Gasteiger partial charge in [-0.1, -0.05) is 18.6 Å². The molecule has 1 atom stereocenters. The van der Waals surface area contributed by atoms with Crippen molar-refractivity contribution in [2.24, 2.45) is 0 Å². The third kappa shape index (κ3) is 3.21. The number of likely N-dealkylation sites (N-methyl/N-ethyl adjacent to an activating group) is 1. The van der Waals surface area contributed by atoms with E-state index in [9.17, 15) is 9.50 Å². The topological polar surface area (TPSA) is 35.5 Å². The summed E-state index contributed by atoms with van der Waals surface area (Å²) in [5, 5.41) is 12.9. The Kier molecular flexibility index (Phi) is 4.55. The van der Waals surface area contributed by atoms with Crippen LogP contribution in [-0.4, -0.2) is 36.2 Å². The van der Waals surface area contributed by atoms with Gasteiger partial charge in [-0.25, -0.2) is 4.39 Å². The summed E-state index contributed by atoms with van der Waals surface area (Å²) in [6.07, 6.45) is 3.76. The van der Waals surface area contributed by atoms with Crippen LogP contribution >= 0.6 is 0 Å². The van der Waals surface area contributed by atoms with E-state index in [0.717, 1.165) is 13.1 Å². The number of phenols is 1. The Balaban J connectivity index is 1.83. The zero-order valence-corrected chi connectivity index (χ0v) is 10.8. The monoisotopic (exact) mass is 252 g/mol. The molecule has 100 valence electrons. The zero-order chi connectivity index (χ0) is 13.0. The molecule has 0 radical (unpaired) electrons. The van der Waals surface area contributed by atoms with Gasteiger partial charge in [-0.05, 0) is 32.5 Å². The molecule has 1 aliphatic heterocycles. The minimum Gasteiger partial charge on any atom is -0.505 e. The van der Waals surface area contributed by atoms with E-state index in [1.165, 1.54) is 25.3 Å². The molecule has 1 unspecified atom stereocenters. The normalized spacial score (nSPS) is 21.1. The largest absolute Gasteiger partial charge is 0.505 e. The van der Waals surface area contributed by atoms with Crippen molar-refractivity contribution in [3.63, 3.8) is 0 Å². The van der Waals surface area contributed by atoms with Crippen LogP contribution in [0.5, 0.6) is 5.75 Å². The standard InChI is InChI=1S/C14H21FN2O/c1-17-8-3-2-6-12(17)10-16-9-11-5-4-7-13(15)14(11)18/h4-5,7,12,16,18H,2-3,6,8-10H2,1H3. The molecule has 4 heteroatoms. The molecule has 1 aromatic rings. The van der Waals surface area contributed by atoms with E-state index in [-0.39, 0.29) is 5.75 Å². The first kappa shape index (κ1) is 13.3. The second-order valence-corrected chi connectivity index (χ2v) is 5.01. The highest BCUT2D eigenvalue weighted by Gasteiger charge is 2.18. The van der Waals surface area contributed by atoms with Crippen molar-refractivity contribution in [1.82, 2.24) is 10.2 Å². The minimum atomic E-state index is -0.552. The van der Waals surface area contributed by atoms with Crippen LogP contribution in [0.4, 0.5) is 4.39 Å². The Labute approximate surface area is 108 Å². The van der Waals surface area contributed by atoms with Crippen LogP contribution in [0.25, 0.3) is 0 Å². The van der Waals surface area contributed by atoms with Crippen molar-refractivity contribution in [3.05, 3.63) is 29.6 Å². The first-order chi connectivity index (χ1) is 8.68. The summed E-state index contributed by atoms with van der Waals surface area (Å²) >= 11 is 0. The number of aromatic hydroxyl groups is 1. The SMILES string of the molecule is CN1CCCCC1CNCc1cccc(F)c1O. The lowest BCUT2D eigenvalue weighted by molar-refractivity contribution is 0.181. The van der Waals surface area contributed by atoms with Crippen molar-refractivity contribution in [3.8, 4) is 5.75 Å². The lowest BCUT2D eigenvalue weighted by Gasteiger charge is -2.32. The molecule has 3 nitrogen and oxygen atoms in total. The van der Waals surface area contributed by atoms with Gasteiger partial charge in [0.2, 0.25) is 0 Å². The van der Waals surface area contributed by atoms with Gasteiger partial charge >= 0.3 is 0 Å². The summed E-state index contributed by atoms with van der Waals surface area (Å²) in [6.45, 7) is 2.54. The predicted molar refractivity (Wildman–Crippen MR) is 70.0 cm³/mol. The first-order valence-corrected chi connectivity index (χ1v) is 6.56. The molecule has 0 amide bonds. The number of piperidine rings is 1. The molecule has 1 fully saturated rings. The van der Waals surface area contributed by atoms with Gasteiger partial charge in [0.25, 0.3) is 0 Å². The Morgan fingerprint density at radius 1 is 1.44 bits per heavy atom. The highest BCUT2D eigenvalue weighted by Crippen LogP contribution is 2.20. The summed E-state index contributed by atoms with van der Waals surface area (Å²) in [4.78, 5) is 2.36. The summed E-state index contributed by atoms with van der Waals surface area (Å²) in [5.41, 5.74) is 0.619. The van der Waals surface area contributed by atoms with E-state index in [1.54, 1.807) is 12.1 Å². The Morgan fingerprint density at radius 2 is 2.28 bits per heavy atom. The second kappa shape index (κ2) is 6.16. The molecule has 0 aromatic heterocycles. The molecule has 18 heavy (non-hydrogen) atoms. The molecule has 1 saturated heterocycles. The highest BCUT2D eigenvalue weighted by molar-refractivity contribution is 5.33. The van der Waals surface area contributed by atoms with Crippen LogP contribution in [0.1, 0.15) is 24.8 Å². The number of benzene rings is 1. The molecule has 2 N–H and O–H groups in total. The maximum Gasteiger partial charge on any atom is 0.165 e. The number of halogens is 1. The third-order valence-electron chi connectivity index (χ3n) is 3.69. The predicted octanol–water partition coefficient (Wildman–Crippen LogP) is 2.11. The molecular formula is C14H21FN2O. The van der Waals surface area contributed by atoms with Crippen molar-refractivity contribution in [2.45, 2.75) is 31.8 Å². The maximum atomic E-state index is 13.1. The number of rotatable bonds is 4. The average molecular weight is 252 g/mol. The number of likely N-dealkylation sites (tertiary alicyclic amines) is 1. The molecule has 1 aromatic carbocycles. The van der Waals surface area contributed by atoms with E-state index < -0.39 is 5.82 Å². The van der Waals surface area contributed by atoms with Crippen molar-refractivity contribution in [1.29, 1.82) is 0 Å². The van der Waals surface area contributed by atoms with Crippen molar-refractivity contribution < 1.29 is 9.50 Å². The summed E-state index contributed by atoms with van der Waals surface area (Å²) in [7, 11) is 2.14. The van der Waals surface area contributed by atoms with Crippen LogP contribution < -0.4 is 5.32 Å². The average Bonchev–Trinajstić information content (AvgIpc) is 2.37. The number of para-hydroxylation sites is 1. The van der Waals surface area contributed by atoms with Crippen molar-refractivity contribution >= 4 is 0 Å². The van der Waals surface area contributed by atoms with Crippen LogP contribution in [0.2, 0.25) is 0 Å². The second-order valence-electron chi connectivity index (χ2n) is 5.01. The van der Waals surface area contributed by atoms with Gasteiger partial charge in [-0.15, -0.1) is 0 Å². The van der Waals surface area contributed by atoms with Crippen LogP contribution in [0, 0.1) is 5.82 Å². The summed E-state index contributed by atoms with van der Waals surface area (Å²) in [6, 6.07) is 5.19. The number of hydrogen-bond acceptors (Lipinski definition) is 3. The van der Waals surface area contributed by atoms with Crippen LogP contribution in [0.15, 0.2) is 18.2 Å². The molecule has 1 aliphatic rings. The Bertz CT molecular complexity index is 397. The molecule has 0 spiro atoms. The molecule has 0 saturated carbocycles. The zero-order valence-electron chi connectivity index (χ0n) is 10.8. The molecule has 2 rings (SSSR count). The van der Waals surface area contributed by atoms with Crippen molar-refractivity contribution in [2.75, 3.05) is 20.1 Å². The lowest BCUT2D eigenvalue weighted by Crippen LogP contribution is -2.42. The molecular weight excluding hydrogens is 231 g/mol. The summed E-state index contributed by atoms with van der Waals surface area (Å²) in [5.74, 6) is -0.786. The smallest absolute Gasteiger partial charge is 0.165 e. The Morgan fingerprint density at radius 3 is 3.06 bits per heavy atom. The van der Waals surface area contributed by atoms with Gasteiger partial charge in [-0.3, -0.25) is 0 Å². The fourth-order valence-corrected chi connectivity index (χ4v) is 2.48. The lowest BCUT2D eigenvalue weighted by atomic mass is 10.0. The van der Waals surface area contributed by atoms with Gasteiger partial charge in [0, 0.05) is 24.7 Å². The van der Waals surface area contributed by atoms with E-state index in [2.05, 4.69) is 17.3 Å². The van der Waals surface area contributed by atoms with Crippen LogP contribution in [-0.2, 0) is 6.54 Å². The minimum absolute atomic E-state index is 0.234. The third-order valence-corrected chi connectivity index (χ3v) is 3.69. The van der Waals surface area contributed by atoms with Crippen LogP contribution in [0.3, 0.4) is 0 Å². The van der Waals surface area contributed by atoms with Gasteiger partial charge in [0.05, 0.1) is 0 Å². The number of nitrogens with zero attached hydrogens (tertiary/aromatic N) is 1. The number of hydrogen-bond donors (Lipinski definition) is 2. The summed E-state index contributed by atoms with van der Waals surface area (Å²) < 4.78 is 13.1. The van der Waals surface area contributed by atoms with E-state index in [0.29, 0.717) is 18.2 Å². The fourth-order valence-electron chi connectivity index (χ4n) is 2.48. The Hall–Kier alpha value is -1.13. The molecule has 1 heterocycles. The number of phenolic OH excluding ortho intramolecular Hbond substituents is 1. The van der Waals surface area contributed by atoms with Gasteiger partial charge < -0.3 is 15.3 Å².